The van der Waals surface area contributed by atoms with Gasteiger partial charge in [0.15, 0.2) is 5.54 Å². The molecule has 3 aromatic carbocycles. The Balaban J connectivity index is 1.26. The quantitative estimate of drug-likeness (QED) is 0.419. The summed E-state index contributed by atoms with van der Waals surface area (Å²) in [7, 11) is 1.70. The van der Waals surface area contributed by atoms with Crippen molar-refractivity contribution in [2.24, 2.45) is 4.99 Å². The molecule has 1 fully saturated rings. The first-order valence-corrected chi connectivity index (χ1v) is 14.2. The molecule has 0 bridgehead atoms. The van der Waals surface area contributed by atoms with Crippen LogP contribution in [-0.4, -0.2) is 66.2 Å². The third kappa shape index (κ3) is 5.52. The summed E-state index contributed by atoms with van der Waals surface area (Å²) < 4.78 is 0. The lowest BCUT2D eigenvalue weighted by atomic mass is 9.86. The molecule has 2 N–H and O–H groups in total. The molecule has 0 aliphatic carbocycles. The zero-order chi connectivity index (χ0) is 28.2. The van der Waals surface area contributed by atoms with E-state index in [1.54, 1.807) is 7.05 Å². The van der Waals surface area contributed by atoms with Crippen molar-refractivity contribution in [2.45, 2.75) is 44.2 Å². The van der Waals surface area contributed by atoms with Crippen molar-refractivity contribution in [1.82, 2.24) is 15.1 Å². The fraction of sp³-hybridized carbons (Fsp3) is 0.364. The average molecular weight is 538 g/mol. The van der Waals surface area contributed by atoms with Crippen molar-refractivity contribution in [2.75, 3.05) is 38.5 Å². The maximum Gasteiger partial charge on any atom is 0.260 e. The van der Waals surface area contributed by atoms with Gasteiger partial charge in [-0.25, -0.2) is 4.99 Å². The van der Waals surface area contributed by atoms with Crippen molar-refractivity contribution in [3.05, 3.63) is 102 Å². The Kier molecular flexibility index (Phi) is 8.03. The number of aryl methyl sites for hydroxylation is 1. The van der Waals surface area contributed by atoms with Gasteiger partial charge >= 0.3 is 0 Å². The number of amides is 2. The van der Waals surface area contributed by atoms with Crippen LogP contribution in [0.5, 0.6) is 0 Å². The third-order valence-electron chi connectivity index (χ3n) is 8.28. The Morgan fingerprint density at radius 1 is 0.900 bits per heavy atom. The Morgan fingerprint density at radius 2 is 1.52 bits per heavy atom. The molecule has 3 aromatic rings. The van der Waals surface area contributed by atoms with Gasteiger partial charge in [-0.05, 0) is 57.4 Å². The third-order valence-corrected chi connectivity index (χ3v) is 8.28. The van der Waals surface area contributed by atoms with E-state index < -0.39 is 11.1 Å². The van der Waals surface area contributed by atoms with E-state index in [-0.39, 0.29) is 11.8 Å². The van der Waals surface area contributed by atoms with E-state index in [9.17, 15) is 9.59 Å². The van der Waals surface area contributed by atoms with Gasteiger partial charge in [0, 0.05) is 37.9 Å². The predicted molar refractivity (Wildman–Crippen MR) is 160 cm³/mol. The van der Waals surface area contributed by atoms with Crippen molar-refractivity contribution in [1.29, 1.82) is 0 Å². The van der Waals surface area contributed by atoms with Crippen molar-refractivity contribution < 1.29 is 9.59 Å². The number of aliphatic imine (C=N–C) groups is 1. The minimum absolute atomic E-state index is 0.0126. The predicted octanol–water partition coefficient (Wildman–Crippen LogP) is 4.58. The molecule has 208 valence electrons. The van der Waals surface area contributed by atoms with Crippen molar-refractivity contribution >= 4 is 23.3 Å². The van der Waals surface area contributed by atoms with Crippen LogP contribution >= 0.6 is 0 Å². The molecule has 0 saturated carbocycles. The van der Waals surface area contributed by atoms with Gasteiger partial charge in [0.05, 0.1) is 0 Å². The minimum atomic E-state index is -0.942. The number of hydrogen-bond acceptors (Lipinski definition) is 5. The maximum absolute atomic E-state index is 13.9. The number of likely N-dealkylation sites (N-methyl/N-ethyl adjacent to an activating group) is 1. The molecule has 7 heteroatoms. The number of carbonyl (C=O) groups is 2. The number of amidine groups is 1. The van der Waals surface area contributed by atoms with E-state index in [1.165, 1.54) is 5.56 Å². The highest BCUT2D eigenvalue weighted by atomic mass is 16.2. The van der Waals surface area contributed by atoms with Crippen LogP contribution in [0.4, 0.5) is 5.69 Å². The zero-order valence-electron chi connectivity index (χ0n) is 23.7. The number of benzene rings is 3. The topological polar surface area (TPSA) is 77.0 Å². The highest BCUT2D eigenvalue weighted by Crippen LogP contribution is 2.35. The molecule has 1 unspecified atom stereocenters. The molecule has 2 aliphatic rings. The molecular weight excluding hydrogens is 498 g/mol. The maximum atomic E-state index is 13.9. The fourth-order valence-electron chi connectivity index (χ4n) is 5.82. The van der Waals surface area contributed by atoms with Crippen LogP contribution in [0.15, 0.2) is 89.9 Å². The summed E-state index contributed by atoms with van der Waals surface area (Å²) in [5, 5.41) is 6.38. The first-order chi connectivity index (χ1) is 19.3. The lowest BCUT2D eigenvalue weighted by Gasteiger charge is -2.41. The van der Waals surface area contributed by atoms with Gasteiger partial charge in [0.25, 0.3) is 5.91 Å². The number of para-hydroxylation sites is 1. The molecule has 1 atom stereocenters. The number of rotatable bonds is 9. The molecule has 5 rings (SSSR count). The Bertz CT molecular complexity index is 1350. The van der Waals surface area contributed by atoms with Crippen LogP contribution in [0.2, 0.25) is 0 Å². The summed E-state index contributed by atoms with van der Waals surface area (Å²) in [6.45, 7) is 7.03. The molecule has 0 radical (unpaired) electrons. The summed E-state index contributed by atoms with van der Waals surface area (Å²) in [6, 6.07) is 28.0. The lowest BCUT2D eigenvalue weighted by molar-refractivity contribution is -0.131. The molecule has 2 amide bonds. The fourth-order valence-corrected chi connectivity index (χ4v) is 5.82. The van der Waals surface area contributed by atoms with Crippen LogP contribution in [0.25, 0.3) is 0 Å². The van der Waals surface area contributed by atoms with Crippen LogP contribution in [-0.2, 0) is 15.1 Å². The summed E-state index contributed by atoms with van der Waals surface area (Å²) >= 11 is 0. The highest BCUT2D eigenvalue weighted by Gasteiger charge is 2.46. The normalized spacial score (nSPS) is 20.7. The van der Waals surface area contributed by atoms with Crippen molar-refractivity contribution in [3.63, 3.8) is 0 Å². The molecule has 2 aliphatic heterocycles. The molecular formula is C33H39N5O2. The highest BCUT2D eigenvalue weighted by molar-refractivity contribution is 6.15. The Morgan fingerprint density at radius 3 is 2.15 bits per heavy atom. The largest absolute Gasteiger partial charge is 0.371 e. The standard InChI is InChI=1S/C33H39N5O2/c1-25-15-17-26(18-16-25)29-36-32(2,27-11-6-4-7-12-27)31(40)38(29)22-10-21-37-23-19-33(20-24-37,30(39)34-3)35-28-13-8-5-9-14-28/h4-9,11-18,35H,10,19-24H2,1-3H3,(H,34,39). The van der Waals surface area contributed by atoms with Crippen LogP contribution in [0.1, 0.15) is 42.9 Å². The van der Waals surface area contributed by atoms with Crippen LogP contribution < -0.4 is 10.6 Å². The van der Waals surface area contributed by atoms with Gasteiger partial charge in [-0.2, -0.15) is 0 Å². The van der Waals surface area contributed by atoms with E-state index in [0.29, 0.717) is 19.4 Å². The summed E-state index contributed by atoms with van der Waals surface area (Å²) in [6.07, 6.45) is 2.25. The first-order valence-electron chi connectivity index (χ1n) is 14.2. The van der Waals surface area contributed by atoms with Gasteiger partial charge in [-0.1, -0.05) is 78.4 Å². The van der Waals surface area contributed by atoms with Gasteiger partial charge in [-0.3, -0.25) is 14.5 Å². The molecule has 7 nitrogen and oxygen atoms in total. The van der Waals surface area contributed by atoms with E-state index in [0.717, 1.165) is 48.7 Å². The number of carbonyl (C=O) groups excluding carboxylic acids is 2. The Labute approximate surface area is 237 Å². The van der Waals surface area contributed by atoms with E-state index in [1.807, 2.05) is 84.6 Å². The lowest BCUT2D eigenvalue weighted by Crippen LogP contribution is -2.58. The minimum Gasteiger partial charge on any atom is -0.371 e. The van der Waals surface area contributed by atoms with Crippen LogP contribution in [0, 0.1) is 6.92 Å². The molecule has 2 heterocycles. The Hall–Kier alpha value is -3.97. The monoisotopic (exact) mass is 537 g/mol. The number of nitrogens with zero attached hydrogens (tertiary/aromatic N) is 3. The summed E-state index contributed by atoms with van der Waals surface area (Å²) in [5.74, 6) is 0.775. The molecule has 40 heavy (non-hydrogen) atoms. The van der Waals surface area contributed by atoms with E-state index >= 15 is 0 Å². The average Bonchev–Trinajstić information content (AvgIpc) is 3.25. The second-order valence-electron chi connectivity index (χ2n) is 11.0. The number of hydrogen-bond donors (Lipinski definition) is 2. The number of nitrogens with one attached hydrogen (secondary N) is 2. The van der Waals surface area contributed by atoms with Crippen LogP contribution in [0.3, 0.4) is 0 Å². The SMILES string of the molecule is CNC(=O)C1(Nc2ccccc2)CCN(CCCN2C(=O)C(C)(c3ccccc3)N=C2c2ccc(C)cc2)CC1. The second-order valence-corrected chi connectivity index (χ2v) is 11.0. The van der Waals surface area contributed by atoms with Gasteiger partial charge in [0.1, 0.15) is 11.4 Å². The molecule has 1 saturated heterocycles. The van der Waals surface area contributed by atoms with Crippen molar-refractivity contribution in [3.8, 4) is 0 Å². The number of piperidine rings is 1. The molecule has 0 spiro atoms. The first kappa shape index (κ1) is 27.6. The van der Waals surface area contributed by atoms with E-state index in [4.69, 9.17) is 4.99 Å². The summed E-state index contributed by atoms with van der Waals surface area (Å²) in [4.78, 5) is 36.1. The summed E-state index contributed by atoms with van der Waals surface area (Å²) in [5.41, 5.74) is 2.42. The second kappa shape index (κ2) is 11.6. The van der Waals surface area contributed by atoms with E-state index in [2.05, 4.69) is 34.6 Å². The number of anilines is 1. The number of likely N-dealkylation sites (tertiary alicyclic amines) is 1. The van der Waals surface area contributed by atoms with Gasteiger partial charge in [-0.15, -0.1) is 0 Å². The van der Waals surface area contributed by atoms with Gasteiger partial charge < -0.3 is 15.5 Å². The zero-order valence-corrected chi connectivity index (χ0v) is 23.7. The molecule has 0 aromatic heterocycles. The van der Waals surface area contributed by atoms with Gasteiger partial charge in [0.2, 0.25) is 5.91 Å². The smallest absolute Gasteiger partial charge is 0.260 e.